The summed E-state index contributed by atoms with van der Waals surface area (Å²) in [4.78, 5) is 13.0. The lowest BCUT2D eigenvalue weighted by Crippen LogP contribution is -2.10. The Hall–Kier alpha value is -1.73. The lowest BCUT2D eigenvalue weighted by Gasteiger charge is -2.09. The zero-order valence-electron chi connectivity index (χ0n) is 11.7. The standard InChI is InChI=1S/C13H19N5OS/c1-3-19-9-12-17-10(14-2)8-11(18-12)15-5-4-13-16-6-7-20-13/h6-8H,3-5,9H2,1-2H3,(H2,14,15,17,18). The Kier molecular flexibility index (Phi) is 5.69. The molecule has 2 heterocycles. The third-order valence-corrected chi connectivity index (χ3v) is 3.43. The van der Waals surface area contributed by atoms with Crippen LogP contribution in [0.15, 0.2) is 17.6 Å². The predicted molar refractivity (Wildman–Crippen MR) is 81.2 cm³/mol. The first kappa shape index (κ1) is 14.7. The molecule has 6 nitrogen and oxygen atoms in total. The highest BCUT2D eigenvalue weighted by Crippen LogP contribution is 2.12. The largest absolute Gasteiger partial charge is 0.374 e. The van der Waals surface area contributed by atoms with Gasteiger partial charge in [-0.1, -0.05) is 0 Å². The minimum Gasteiger partial charge on any atom is -0.374 e. The Morgan fingerprint density at radius 2 is 2.15 bits per heavy atom. The van der Waals surface area contributed by atoms with E-state index in [1.165, 1.54) is 0 Å². The van der Waals surface area contributed by atoms with E-state index in [1.54, 1.807) is 11.3 Å². The van der Waals surface area contributed by atoms with Crippen molar-refractivity contribution in [2.75, 3.05) is 30.8 Å². The topological polar surface area (TPSA) is 72.0 Å². The maximum absolute atomic E-state index is 5.35. The monoisotopic (exact) mass is 293 g/mol. The molecule has 20 heavy (non-hydrogen) atoms. The number of thiazole rings is 1. The van der Waals surface area contributed by atoms with Crippen molar-refractivity contribution in [2.45, 2.75) is 20.0 Å². The highest BCUT2D eigenvalue weighted by molar-refractivity contribution is 7.09. The van der Waals surface area contributed by atoms with Crippen molar-refractivity contribution in [3.8, 4) is 0 Å². The smallest absolute Gasteiger partial charge is 0.158 e. The van der Waals surface area contributed by atoms with Crippen LogP contribution in [0.4, 0.5) is 11.6 Å². The van der Waals surface area contributed by atoms with Crippen molar-refractivity contribution in [3.05, 3.63) is 28.5 Å². The summed E-state index contributed by atoms with van der Waals surface area (Å²) in [6.07, 6.45) is 2.71. The SMILES string of the molecule is CCOCc1nc(NC)cc(NCCc2nccs2)n1. The van der Waals surface area contributed by atoms with Crippen molar-refractivity contribution in [1.29, 1.82) is 0 Å². The number of anilines is 2. The molecular weight excluding hydrogens is 274 g/mol. The zero-order chi connectivity index (χ0) is 14.2. The second kappa shape index (κ2) is 7.76. The molecule has 108 valence electrons. The van der Waals surface area contributed by atoms with E-state index in [0.717, 1.165) is 29.6 Å². The molecule has 2 aromatic heterocycles. The molecule has 0 unspecified atom stereocenters. The van der Waals surface area contributed by atoms with Crippen LogP contribution >= 0.6 is 11.3 Å². The molecule has 2 rings (SSSR count). The van der Waals surface area contributed by atoms with Crippen LogP contribution in [0.2, 0.25) is 0 Å². The summed E-state index contributed by atoms with van der Waals surface area (Å²) in [5.41, 5.74) is 0. The zero-order valence-corrected chi connectivity index (χ0v) is 12.5. The molecule has 0 radical (unpaired) electrons. The van der Waals surface area contributed by atoms with Crippen LogP contribution in [0, 0.1) is 0 Å². The second-order valence-corrected chi connectivity index (χ2v) is 5.02. The van der Waals surface area contributed by atoms with Crippen molar-refractivity contribution >= 4 is 23.0 Å². The van der Waals surface area contributed by atoms with Crippen LogP contribution in [0.25, 0.3) is 0 Å². The number of nitrogens with one attached hydrogen (secondary N) is 2. The van der Waals surface area contributed by atoms with Gasteiger partial charge in [-0.15, -0.1) is 11.3 Å². The number of ether oxygens (including phenoxy) is 1. The third kappa shape index (κ3) is 4.43. The van der Waals surface area contributed by atoms with Crippen LogP contribution < -0.4 is 10.6 Å². The second-order valence-electron chi connectivity index (χ2n) is 4.04. The van der Waals surface area contributed by atoms with Crippen molar-refractivity contribution in [2.24, 2.45) is 0 Å². The number of rotatable bonds is 8. The first-order chi connectivity index (χ1) is 9.81. The van der Waals surface area contributed by atoms with Gasteiger partial charge in [0.15, 0.2) is 5.82 Å². The maximum atomic E-state index is 5.35. The van der Waals surface area contributed by atoms with Gasteiger partial charge in [0.2, 0.25) is 0 Å². The molecule has 0 aliphatic rings. The third-order valence-electron chi connectivity index (χ3n) is 2.59. The van der Waals surface area contributed by atoms with E-state index in [2.05, 4.69) is 25.6 Å². The molecular formula is C13H19N5OS. The van der Waals surface area contributed by atoms with Crippen LogP contribution in [-0.2, 0) is 17.8 Å². The van der Waals surface area contributed by atoms with E-state index in [9.17, 15) is 0 Å². The molecule has 0 fully saturated rings. The molecule has 7 heteroatoms. The number of nitrogens with zero attached hydrogens (tertiary/aromatic N) is 3. The van der Waals surface area contributed by atoms with Crippen LogP contribution in [0.3, 0.4) is 0 Å². The normalized spacial score (nSPS) is 10.5. The van der Waals surface area contributed by atoms with Crippen molar-refractivity contribution in [1.82, 2.24) is 15.0 Å². The molecule has 0 bridgehead atoms. The van der Waals surface area contributed by atoms with E-state index >= 15 is 0 Å². The molecule has 0 aliphatic carbocycles. The van der Waals surface area contributed by atoms with Crippen LogP contribution in [0.5, 0.6) is 0 Å². The Morgan fingerprint density at radius 3 is 2.85 bits per heavy atom. The summed E-state index contributed by atoms with van der Waals surface area (Å²) in [7, 11) is 1.84. The van der Waals surface area contributed by atoms with Gasteiger partial charge in [-0.3, -0.25) is 0 Å². The average Bonchev–Trinajstić information content (AvgIpc) is 2.98. The van der Waals surface area contributed by atoms with Gasteiger partial charge >= 0.3 is 0 Å². The van der Waals surface area contributed by atoms with Gasteiger partial charge in [0, 0.05) is 44.3 Å². The highest BCUT2D eigenvalue weighted by Gasteiger charge is 2.04. The fourth-order valence-corrected chi connectivity index (χ4v) is 2.27. The molecule has 0 saturated carbocycles. The number of aromatic nitrogens is 3. The summed E-state index contributed by atoms with van der Waals surface area (Å²) in [6, 6.07) is 1.89. The molecule has 0 saturated heterocycles. The minimum atomic E-state index is 0.424. The molecule has 0 amide bonds. The lowest BCUT2D eigenvalue weighted by molar-refractivity contribution is 0.128. The van der Waals surface area contributed by atoms with Crippen LogP contribution in [0.1, 0.15) is 17.8 Å². The summed E-state index contributed by atoms with van der Waals surface area (Å²) in [5, 5.41) is 9.43. The Balaban J connectivity index is 1.94. The summed E-state index contributed by atoms with van der Waals surface area (Å²) in [6.45, 7) is 3.82. The lowest BCUT2D eigenvalue weighted by atomic mass is 10.4. The summed E-state index contributed by atoms with van der Waals surface area (Å²) >= 11 is 1.66. The Morgan fingerprint density at radius 1 is 1.30 bits per heavy atom. The van der Waals surface area contributed by atoms with E-state index in [0.29, 0.717) is 19.0 Å². The Bertz CT molecular complexity index is 517. The summed E-state index contributed by atoms with van der Waals surface area (Å²) in [5.74, 6) is 2.26. The van der Waals surface area contributed by atoms with Gasteiger partial charge in [0.05, 0.1) is 5.01 Å². The molecule has 0 aromatic carbocycles. The van der Waals surface area contributed by atoms with E-state index in [-0.39, 0.29) is 0 Å². The van der Waals surface area contributed by atoms with E-state index < -0.39 is 0 Å². The minimum absolute atomic E-state index is 0.424. The molecule has 2 N–H and O–H groups in total. The molecule has 0 atom stereocenters. The fourth-order valence-electron chi connectivity index (χ4n) is 1.65. The van der Waals surface area contributed by atoms with Gasteiger partial charge < -0.3 is 15.4 Å². The summed E-state index contributed by atoms with van der Waals surface area (Å²) < 4.78 is 5.35. The first-order valence-electron chi connectivity index (χ1n) is 6.57. The predicted octanol–water partition coefficient (Wildman–Crippen LogP) is 2.17. The van der Waals surface area contributed by atoms with E-state index in [1.807, 2.05) is 31.6 Å². The molecule has 2 aromatic rings. The highest BCUT2D eigenvalue weighted by atomic mass is 32.1. The van der Waals surface area contributed by atoms with Gasteiger partial charge in [0.1, 0.15) is 18.2 Å². The maximum Gasteiger partial charge on any atom is 0.158 e. The van der Waals surface area contributed by atoms with Gasteiger partial charge in [-0.2, -0.15) is 0 Å². The quantitative estimate of drug-likeness (QED) is 0.777. The van der Waals surface area contributed by atoms with Crippen molar-refractivity contribution < 1.29 is 4.74 Å². The Labute approximate surface area is 122 Å². The molecule has 0 aliphatic heterocycles. The average molecular weight is 293 g/mol. The van der Waals surface area contributed by atoms with Gasteiger partial charge in [-0.25, -0.2) is 15.0 Å². The van der Waals surface area contributed by atoms with Crippen molar-refractivity contribution in [3.63, 3.8) is 0 Å². The van der Waals surface area contributed by atoms with Gasteiger partial charge in [-0.05, 0) is 6.92 Å². The fraction of sp³-hybridized carbons (Fsp3) is 0.462. The first-order valence-corrected chi connectivity index (χ1v) is 7.45. The molecule has 0 spiro atoms. The number of hydrogen-bond donors (Lipinski definition) is 2. The number of hydrogen-bond acceptors (Lipinski definition) is 7. The van der Waals surface area contributed by atoms with E-state index in [4.69, 9.17) is 4.74 Å². The van der Waals surface area contributed by atoms with Crippen LogP contribution in [-0.4, -0.2) is 35.2 Å². The van der Waals surface area contributed by atoms with Gasteiger partial charge in [0.25, 0.3) is 0 Å².